The van der Waals surface area contributed by atoms with E-state index in [0.29, 0.717) is 13.1 Å². The Kier molecular flexibility index (Phi) is 7.49. The first-order valence-corrected chi connectivity index (χ1v) is 8.39. The van der Waals surface area contributed by atoms with Gasteiger partial charge in [-0.2, -0.15) is 0 Å². The lowest BCUT2D eigenvalue weighted by molar-refractivity contribution is 0.242. The largest absolute Gasteiger partial charge is 0.337 e. The first-order chi connectivity index (χ1) is 10.0. The number of rotatable bonds is 8. The van der Waals surface area contributed by atoms with Crippen LogP contribution >= 0.6 is 0 Å². The second-order valence-electron chi connectivity index (χ2n) is 4.27. The number of sulfonamides is 1. The average Bonchev–Trinajstić information content (AvgIpc) is 2.44. The predicted octanol–water partition coefficient (Wildman–Crippen LogP) is 0.938. The van der Waals surface area contributed by atoms with Crippen LogP contribution in [-0.4, -0.2) is 39.8 Å². The maximum absolute atomic E-state index is 11.4. The average molecular weight is 311 g/mol. The Morgan fingerprint density at radius 3 is 2.57 bits per heavy atom. The van der Waals surface area contributed by atoms with Gasteiger partial charge in [-0.25, -0.2) is 17.9 Å². The summed E-state index contributed by atoms with van der Waals surface area (Å²) in [6.45, 7) is 2.50. The van der Waals surface area contributed by atoms with Gasteiger partial charge in [-0.05, 0) is 5.56 Å². The lowest BCUT2D eigenvalue weighted by Crippen LogP contribution is -2.39. The molecule has 7 heteroatoms. The monoisotopic (exact) mass is 311 g/mol. The van der Waals surface area contributed by atoms with Gasteiger partial charge in [0.1, 0.15) is 0 Å². The Hall–Kier alpha value is -1.86. The Morgan fingerprint density at radius 2 is 1.90 bits per heavy atom. The molecule has 0 saturated heterocycles. The normalized spacial score (nSPS) is 11.5. The number of amides is 2. The molecule has 21 heavy (non-hydrogen) atoms. The highest BCUT2D eigenvalue weighted by Gasteiger charge is 2.08. The zero-order chi connectivity index (χ0) is 15.6. The van der Waals surface area contributed by atoms with E-state index in [1.807, 2.05) is 42.5 Å². The van der Waals surface area contributed by atoms with Gasteiger partial charge in [0.05, 0.1) is 5.75 Å². The second kappa shape index (κ2) is 9.15. The van der Waals surface area contributed by atoms with E-state index in [1.54, 1.807) is 6.92 Å². The Morgan fingerprint density at radius 1 is 1.19 bits per heavy atom. The van der Waals surface area contributed by atoms with Gasteiger partial charge >= 0.3 is 6.03 Å². The molecule has 0 atom stereocenters. The molecule has 0 fully saturated rings. The molecule has 0 unspecified atom stereocenters. The highest BCUT2D eigenvalue weighted by molar-refractivity contribution is 7.89. The molecule has 1 aromatic carbocycles. The Balaban J connectivity index is 2.19. The Bertz CT molecular complexity index is 556. The molecule has 2 amide bonds. The molecule has 0 saturated carbocycles. The molecular weight excluding hydrogens is 290 g/mol. The van der Waals surface area contributed by atoms with Gasteiger partial charge in [-0.1, -0.05) is 49.4 Å². The van der Waals surface area contributed by atoms with Crippen LogP contribution in [0.3, 0.4) is 0 Å². The fourth-order valence-electron chi connectivity index (χ4n) is 1.56. The van der Waals surface area contributed by atoms with Crippen LogP contribution in [0.4, 0.5) is 4.79 Å². The van der Waals surface area contributed by atoms with Crippen LogP contribution in [0.25, 0.3) is 6.08 Å². The fraction of sp³-hybridized carbons (Fsp3) is 0.357. The molecular formula is C14H21N3O3S. The number of hydrogen-bond acceptors (Lipinski definition) is 3. The second-order valence-corrected chi connectivity index (χ2v) is 6.19. The van der Waals surface area contributed by atoms with Gasteiger partial charge in [-0.3, -0.25) is 0 Å². The molecule has 0 bridgehead atoms. The molecule has 0 spiro atoms. The van der Waals surface area contributed by atoms with Crippen molar-refractivity contribution in [1.82, 2.24) is 15.4 Å². The predicted molar refractivity (Wildman–Crippen MR) is 84.3 cm³/mol. The van der Waals surface area contributed by atoms with Crippen molar-refractivity contribution in [2.45, 2.75) is 6.92 Å². The van der Waals surface area contributed by atoms with Gasteiger partial charge in [0.25, 0.3) is 0 Å². The molecule has 116 valence electrons. The van der Waals surface area contributed by atoms with Crippen LogP contribution in [0.1, 0.15) is 12.5 Å². The topological polar surface area (TPSA) is 87.3 Å². The minimum atomic E-state index is -3.29. The summed E-state index contributed by atoms with van der Waals surface area (Å²) in [6.07, 6.45) is 3.72. The van der Waals surface area contributed by atoms with Crippen molar-refractivity contribution in [3.63, 3.8) is 0 Å². The molecule has 0 aliphatic heterocycles. The number of benzene rings is 1. The summed E-state index contributed by atoms with van der Waals surface area (Å²) in [5.41, 5.74) is 1.05. The standard InChI is InChI=1S/C14H21N3O3S/c1-2-17-21(19,20)12-11-16-14(18)15-10-6-9-13-7-4-3-5-8-13/h3-9,17H,2,10-12H2,1H3,(H2,15,16,18)/b9-6-. The molecule has 3 N–H and O–H groups in total. The maximum atomic E-state index is 11.4. The van der Waals surface area contributed by atoms with Crippen LogP contribution in [0.5, 0.6) is 0 Å². The third-order valence-corrected chi connectivity index (χ3v) is 3.98. The van der Waals surface area contributed by atoms with Crippen LogP contribution in [-0.2, 0) is 10.0 Å². The molecule has 0 radical (unpaired) electrons. The minimum Gasteiger partial charge on any atom is -0.337 e. The summed E-state index contributed by atoms with van der Waals surface area (Å²) in [5, 5.41) is 5.11. The van der Waals surface area contributed by atoms with E-state index in [2.05, 4.69) is 15.4 Å². The Labute approximate surface area is 125 Å². The van der Waals surface area contributed by atoms with E-state index in [9.17, 15) is 13.2 Å². The summed E-state index contributed by atoms with van der Waals surface area (Å²) in [5.74, 6) is -0.131. The third kappa shape index (κ3) is 8.11. The van der Waals surface area contributed by atoms with E-state index in [-0.39, 0.29) is 18.3 Å². The zero-order valence-corrected chi connectivity index (χ0v) is 12.8. The number of nitrogens with one attached hydrogen (secondary N) is 3. The van der Waals surface area contributed by atoms with Gasteiger partial charge in [0.2, 0.25) is 10.0 Å². The quantitative estimate of drug-likeness (QED) is 0.667. The summed E-state index contributed by atoms with van der Waals surface area (Å²) >= 11 is 0. The summed E-state index contributed by atoms with van der Waals surface area (Å²) in [6, 6.07) is 9.34. The number of hydrogen-bond donors (Lipinski definition) is 3. The van der Waals surface area contributed by atoms with Crippen molar-refractivity contribution >= 4 is 22.1 Å². The fourth-order valence-corrected chi connectivity index (χ4v) is 2.52. The summed E-state index contributed by atoms with van der Waals surface area (Å²) < 4.78 is 25.0. The molecule has 0 aromatic heterocycles. The van der Waals surface area contributed by atoms with E-state index in [4.69, 9.17) is 0 Å². The van der Waals surface area contributed by atoms with Gasteiger partial charge in [-0.15, -0.1) is 0 Å². The van der Waals surface area contributed by atoms with Crippen LogP contribution in [0, 0.1) is 0 Å². The van der Waals surface area contributed by atoms with Crippen molar-refractivity contribution in [1.29, 1.82) is 0 Å². The van der Waals surface area contributed by atoms with Crippen molar-refractivity contribution < 1.29 is 13.2 Å². The lowest BCUT2D eigenvalue weighted by Gasteiger charge is -2.07. The van der Waals surface area contributed by atoms with Crippen molar-refractivity contribution in [3.8, 4) is 0 Å². The van der Waals surface area contributed by atoms with Crippen molar-refractivity contribution in [2.75, 3.05) is 25.4 Å². The molecule has 0 heterocycles. The van der Waals surface area contributed by atoms with Crippen LogP contribution in [0.2, 0.25) is 0 Å². The van der Waals surface area contributed by atoms with E-state index in [0.717, 1.165) is 5.56 Å². The highest BCUT2D eigenvalue weighted by atomic mass is 32.2. The van der Waals surface area contributed by atoms with Crippen molar-refractivity contribution in [2.24, 2.45) is 0 Å². The minimum absolute atomic E-state index is 0.0730. The van der Waals surface area contributed by atoms with Gasteiger partial charge in [0, 0.05) is 19.6 Å². The zero-order valence-electron chi connectivity index (χ0n) is 12.0. The molecule has 0 aliphatic rings. The molecule has 1 aromatic rings. The van der Waals surface area contributed by atoms with E-state index < -0.39 is 10.0 Å². The highest BCUT2D eigenvalue weighted by Crippen LogP contribution is 1.99. The van der Waals surface area contributed by atoms with E-state index >= 15 is 0 Å². The van der Waals surface area contributed by atoms with Crippen LogP contribution in [0.15, 0.2) is 36.4 Å². The maximum Gasteiger partial charge on any atom is 0.315 e. The number of carbonyl (C=O) groups excluding carboxylic acids is 1. The van der Waals surface area contributed by atoms with Gasteiger partial charge in [0.15, 0.2) is 0 Å². The first kappa shape index (κ1) is 17.2. The van der Waals surface area contributed by atoms with Crippen LogP contribution < -0.4 is 15.4 Å². The smallest absolute Gasteiger partial charge is 0.315 e. The molecule has 6 nitrogen and oxygen atoms in total. The van der Waals surface area contributed by atoms with E-state index in [1.165, 1.54) is 0 Å². The summed E-state index contributed by atoms with van der Waals surface area (Å²) in [4.78, 5) is 11.4. The first-order valence-electron chi connectivity index (χ1n) is 6.74. The summed E-state index contributed by atoms with van der Waals surface area (Å²) in [7, 11) is -3.29. The molecule has 0 aliphatic carbocycles. The van der Waals surface area contributed by atoms with Crippen molar-refractivity contribution in [3.05, 3.63) is 42.0 Å². The molecule has 1 rings (SSSR count). The number of carbonyl (C=O) groups is 1. The number of urea groups is 1. The SMILES string of the molecule is CCNS(=O)(=O)CCNC(=O)NC/C=C\c1ccccc1. The lowest BCUT2D eigenvalue weighted by atomic mass is 10.2. The van der Waals surface area contributed by atoms with Gasteiger partial charge < -0.3 is 10.6 Å². The third-order valence-electron chi connectivity index (χ3n) is 2.51.